The molecule has 0 aliphatic rings. The zero-order valence-electron chi connectivity index (χ0n) is 7.74. The van der Waals surface area contributed by atoms with E-state index < -0.39 is 4.92 Å². The average molecular weight is 451 g/mol. The second-order valence-electron chi connectivity index (χ2n) is 2.48. The molecule has 82 valence electrons. The summed E-state index contributed by atoms with van der Waals surface area (Å²) in [6.45, 7) is 0. The minimum Gasteiger partial charge on any atom is -0.258 e. The van der Waals surface area contributed by atoms with Crippen molar-refractivity contribution in [3.8, 4) is 0 Å². The first-order valence-electron chi connectivity index (χ1n) is 3.84. The fraction of sp³-hybridized carbons (Fsp3) is 0.429. The molecule has 1 aromatic heterocycles. The number of hydrogen-bond donors (Lipinski definition) is 0. The van der Waals surface area contributed by atoms with Crippen LogP contribution in [0.1, 0.15) is 11.4 Å². The van der Waals surface area contributed by atoms with E-state index in [4.69, 9.17) is 0 Å². The van der Waals surface area contributed by atoms with E-state index in [9.17, 15) is 10.1 Å². The monoisotopic (exact) mass is 451 g/mol. The minimum atomic E-state index is -0.397. The van der Waals surface area contributed by atoms with Gasteiger partial charge in [-0.2, -0.15) is 0 Å². The van der Waals surface area contributed by atoms with Crippen molar-refractivity contribution in [2.24, 2.45) is 0 Å². The number of hydrogen-bond acceptors (Lipinski definition) is 5. The summed E-state index contributed by atoms with van der Waals surface area (Å²) in [5.41, 5.74) is 1.08. The van der Waals surface area contributed by atoms with Crippen LogP contribution in [0.3, 0.4) is 0 Å². The summed E-state index contributed by atoms with van der Waals surface area (Å²) < 4.78 is 1.04. The van der Waals surface area contributed by atoms with Gasteiger partial charge in [0.25, 0.3) is 0 Å². The standard InChI is InChI=1S/C7H7I2N3O2S/c1-15-7-10-4(2-8)6(12(13)14)5(3-9)11-7/h2-3H2,1H3. The summed E-state index contributed by atoms with van der Waals surface area (Å²) in [5, 5.41) is 11.5. The van der Waals surface area contributed by atoms with E-state index in [-0.39, 0.29) is 5.69 Å². The summed E-state index contributed by atoms with van der Waals surface area (Å²) in [4.78, 5) is 18.8. The van der Waals surface area contributed by atoms with Gasteiger partial charge in [0, 0.05) is 8.86 Å². The number of nitro groups is 1. The zero-order valence-corrected chi connectivity index (χ0v) is 12.9. The topological polar surface area (TPSA) is 68.9 Å². The molecule has 0 fully saturated rings. The van der Waals surface area contributed by atoms with Gasteiger partial charge >= 0.3 is 5.69 Å². The van der Waals surface area contributed by atoms with Crippen molar-refractivity contribution in [3.05, 3.63) is 21.5 Å². The highest BCUT2D eigenvalue weighted by Crippen LogP contribution is 2.27. The Morgan fingerprint density at radius 1 is 1.33 bits per heavy atom. The third-order valence-electron chi connectivity index (χ3n) is 1.63. The Labute approximate surface area is 118 Å². The van der Waals surface area contributed by atoms with Crippen LogP contribution < -0.4 is 0 Å². The van der Waals surface area contributed by atoms with Crippen LogP contribution in [-0.2, 0) is 8.86 Å². The second kappa shape index (κ2) is 6.13. The minimum absolute atomic E-state index is 0.0663. The van der Waals surface area contributed by atoms with Gasteiger partial charge in [0.15, 0.2) is 5.16 Å². The first-order valence-corrected chi connectivity index (χ1v) is 8.11. The fourth-order valence-electron chi connectivity index (χ4n) is 1.02. The molecule has 15 heavy (non-hydrogen) atoms. The maximum atomic E-state index is 10.9. The molecule has 0 aromatic carbocycles. The number of nitrogens with zero attached hydrogens (tertiary/aromatic N) is 3. The molecule has 0 bridgehead atoms. The van der Waals surface area contributed by atoms with Crippen LogP contribution in [0.4, 0.5) is 5.69 Å². The lowest BCUT2D eigenvalue weighted by Gasteiger charge is -2.04. The summed E-state index contributed by atoms with van der Waals surface area (Å²) in [7, 11) is 0. The summed E-state index contributed by atoms with van der Waals surface area (Å²) in [6, 6.07) is 0. The highest BCUT2D eigenvalue weighted by atomic mass is 127. The lowest BCUT2D eigenvalue weighted by molar-refractivity contribution is -0.386. The Hall–Kier alpha value is 0.290. The smallest absolute Gasteiger partial charge is 0.258 e. The predicted octanol–water partition coefficient (Wildman–Crippen LogP) is 2.98. The van der Waals surface area contributed by atoms with Gasteiger partial charge in [-0.05, 0) is 6.26 Å². The van der Waals surface area contributed by atoms with Gasteiger partial charge in [-0.25, -0.2) is 9.97 Å². The van der Waals surface area contributed by atoms with Gasteiger partial charge in [0.05, 0.1) is 4.92 Å². The maximum absolute atomic E-state index is 10.9. The molecule has 1 heterocycles. The van der Waals surface area contributed by atoms with Gasteiger partial charge in [0.1, 0.15) is 11.4 Å². The van der Waals surface area contributed by atoms with Crippen molar-refractivity contribution in [3.63, 3.8) is 0 Å². The highest BCUT2D eigenvalue weighted by Gasteiger charge is 2.22. The van der Waals surface area contributed by atoms with Crippen molar-refractivity contribution in [2.45, 2.75) is 14.0 Å². The Morgan fingerprint density at radius 2 is 1.80 bits per heavy atom. The number of thioether (sulfide) groups is 1. The molecular weight excluding hydrogens is 444 g/mol. The summed E-state index contributed by atoms with van der Waals surface area (Å²) in [5.74, 6) is 0. The molecule has 0 radical (unpaired) electrons. The zero-order chi connectivity index (χ0) is 11.4. The van der Waals surface area contributed by atoms with Gasteiger partial charge in [-0.3, -0.25) is 10.1 Å². The third-order valence-corrected chi connectivity index (χ3v) is 3.62. The van der Waals surface area contributed by atoms with Crippen LogP contribution in [0.15, 0.2) is 5.16 Å². The normalized spacial score (nSPS) is 10.3. The molecule has 0 N–H and O–H groups in total. The molecule has 0 saturated heterocycles. The van der Waals surface area contributed by atoms with Gasteiger partial charge in [-0.1, -0.05) is 56.9 Å². The summed E-state index contributed by atoms with van der Waals surface area (Å²) >= 11 is 5.54. The van der Waals surface area contributed by atoms with Crippen LogP contribution in [0.25, 0.3) is 0 Å². The SMILES string of the molecule is CSc1nc(CI)c([N+](=O)[O-])c(CI)n1. The number of rotatable bonds is 4. The molecule has 0 saturated carbocycles. The van der Waals surface area contributed by atoms with Crippen molar-refractivity contribution in [1.29, 1.82) is 0 Å². The lowest BCUT2D eigenvalue weighted by Crippen LogP contribution is -2.05. The van der Waals surface area contributed by atoms with Crippen LogP contribution in [0, 0.1) is 10.1 Å². The Balaban J connectivity index is 3.39. The average Bonchev–Trinajstić information content (AvgIpc) is 2.26. The molecule has 0 unspecified atom stereocenters. The maximum Gasteiger partial charge on any atom is 0.313 e. The van der Waals surface area contributed by atoms with Crippen LogP contribution in [0.5, 0.6) is 0 Å². The molecular formula is C7H7I2N3O2S. The molecule has 0 atom stereocenters. The molecule has 1 rings (SSSR count). The van der Waals surface area contributed by atoms with Crippen molar-refractivity contribution in [2.75, 3.05) is 6.26 Å². The van der Waals surface area contributed by atoms with Crippen molar-refractivity contribution in [1.82, 2.24) is 9.97 Å². The van der Waals surface area contributed by atoms with Crippen LogP contribution in [0.2, 0.25) is 0 Å². The van der Waals surface area contributed by atoms with Crippen molar-refractivity contribution < 1.29 is 4.92 Å². The van der Waals surface area contributed by atoms with E-state index in [0.717, 1.165) is 0 Å². The number of alkyl halides is 2. The Morgan fingerprint density at radius 3 is 2.07 bits per heavy atom. The van der Waals surface area contributed by atoms with Gasteiger partial charge < -0.3 is 0 Å². The molecule has 0 aliphatic carbocycles. The Kier molecular flexibility index (Phi) is 5.46. The number of aromatic nitrogens is 2. The van der Waals surface area contributed by atoms with E-state index in [1.54, 1.807) is 0 Å². The van der Waals surface area contributed by atoms with E-state index in [1.165, 1.54) is 11.8 Å². The fourth-order valence-corrected chi connectivity index (χ4v) is 2.48. The van der Waals surface area contributed by atoms with Crippen LogP contribution in [-0.4, -0.2) is 21.1 Å². The third kappa shape index (κ3) is 3.12. The molecule has 5 nitrogen and oxygen atoms in total. The molecule has 0 aliphatic heterocycles. The second-order valence-corrected chi connectivity index (χ2v) is 4.78. The van der Waals surface area contributed by atoms with Gasteiger partial charge in [0.2, 0.25) is 0 Å². The first-order chi connectivity index (χ1) is 7.13. The number of halogens is 2. The van der Waals surface area contributed by atoms with E-state index in [1.807, 2.05) is 6.26 Å². The summed E-state index contributed by atoms with van der Waals surface area (Å²) in [6.07, 6.45) is 1.86. The van der Waals surface area contributed by atoms with Crippen molar-refractivity contribution >= 4 is 62.6 Å². The molecule has 1 aromatic rings. The van der Waals surface area contributed by atoms with Gasteiger partial charge in [-0.15, -0.1) is 0 Å². The molecule has 8 heteroatoms. The Bertz CT molecular complexity index is 363. The lowest BCUT2D eigenvalue weighted by atomic mass is 10.3. The quantitative estimate of drug-likeness (QED) is 0.176. The first kappa shape index (κ1) is 13.4. The van der Waals surface area contributed by atoms with Crippen LogP contribution >= 0.6 is 56.9 Å². The largest absolute Gasteiger partial charge is 0.313 e. The van der Waals surface area contributed by atoms with E-state index in [2.05, 4.69) is 55.1 Å². The van der Waals surface area contributed by atoms with E-state index >= 15 is 0 Å². The molecule has 0 spiro atoms. The molecule has 0 amide bonds. The van der Waals surface area contributed by atoms with E-state index in [0.29, 0.717) is 25.4 Å². The highest BCUT2D eigenvalue weighted by molar-refractivity contribution is 14.1. The predicted molar refractivity (Wildman–Crippen MR) is 75.9 cm³/mol.